The Morgan fingerprint density at radius 2 is 2.33 bits per heavy atom. The maximum absolute atomic E-state index is 4.18. The van der Waals surface area contributed by atoms with E-state index in [0.717, 1.165) is 11.5 Å². The van der Waals surface area contributed by atoms with E-state index in [1.165, 1.54) is 0 Å². The molecule has 0 aromatic carbocycles. The first kappa shape index (κ1) is 9.79. The Bertz CT molecular complexity index is 383. The van der Waals surface area contributed by atoms with Gasteiger partial charge in [0.25, 0.3) is 0 Å². The van der Waals surface area contributed by atoms with Crippen LogP contribution in [0, 0.1) is 0 Å². The molecule has 78 valence electrons. The van der Waals surface area contributed by atoms with Gasteiger partial charge in [0, 0.05) is 25.1 Å². The van der Waals surface area contributed by atoms with Gasteiger partial charge in [-0.2, -0.15) is 0 Å². The quantitative estimate of drug-likeness (QED) is 0.779. The van der Waals surface area contributed by atoms with Crippen molar-refractivity contribution in [2.45, 2.75) is 19.5 Å². The number of imidazole rings is 1. The van der Waals surface area contributed by atoms with Crippen LogP contribution in [0.4, 0.5) is 0 Å². The summed E-state index contributed by atoms with van der Waals surface area (Å²) in [6.45, 7) is 2.77. The molecule has 0 radical (unpaired) electrons. The summed E-state index contributed by atoms with van der Waals surface area (Å²) in [5, 5.41) is 3.32. The third-order valence-electron chi connectivity index (χ3n) is 2.16. The third-order valence-corrected chi connectivity index (χ3v) is 2.16. The van der Waals surface area contributed by atoms with Crippen LogP contribution >= 0.6 is 0 Å². The molecule has 0 aliphatic rings. The molecule has 2 aromatic rings. The lowest BCUT2D eigenvalue weighted by Crippen LogP contribution is -2.19. The topological polar surface area (TPSA) is 66.5 Å². The summed E-state index contributed by atoms with van der Waals surface area (Å²) in [6, 6.07) is 2.08. The molecule has 0 fully saturated rings. The van der Waals surface area contributed by atoms with Crippen LogP contribution in [0.5, 0.6) is 0 Å². The first-order valence-electron chi connectivity index (χ1n) is 4.84. The highest BCUT2D eigenvalue weighted by atomic mass is 15.0. The van der Waals surface area contributed by atoms with Crippen LogP contribution in [0.3, 0.4) is 0 Å². The van der Waals surface area contributed by atoms with Gasteiger partial charge in [0.2, 0.25) is 0 Å². The Labute approximate surface area is 88.0 Å². The van der Waals surface area contributed by atoms with E-state index in [9.17, 15) is 0 Å². The molecular weight excluding hydrogens is 190 g/mol. The van der Waals surface area contributed by atoms with Crippen molar-refractivity contribution in [1.82, 2.24) is 25.3 Å². The lowest BCUT2D eigenvalue weighted by molar-refractivity contribution is 0.544. The molecule has 1 atom stereocenters. The molecular formula is C10H13N5. The van der Waals surface area contributed by atoms with Crippen molar-refractivity contribution in [2.24, 2.45) is 0 Å². The molecule has 5 nitrogen and oxygen atoms in total. The summed E-state index contributed by atoms with van der Waals surface area (Å²) < 4.78 is 0. The van der Waals surface area contributed by atoms with E-state index in [2.05, 4.69) is 32.2 Å². The second kappa shape index (κ2) is 4.65. The predicted octanol–water partition coefficient (Wildman–Crippen LogP) is 1.05. The monoisotopic (exact) mass is 203 g/mol. The Kier molecular flexibility index (Phi) is 3.04. The van der Waals surface area contributed by atoms with Crippen LogP contribution in [-0.2, 0) is 6.54 Å². The van der Waals surface area contributed by atoms with Crippen molar-refractivity contribution in [2.75, 3.05) is 0 Å². The van der Waals surface area contributed by atoms with E-state index in [1.807, 2.05) is 12.3 Å². The van der Waals surface area contributed by atoms with Crippen molar-refractivity contribution >= 4 is 0 Å². The molecule has 0 amide bonds. The first-order valence-corrected chi connectivity index (χ1v) is 4.84. The zero-order valence-corrected chi connectivity index (χ0v) is 8.51. The number of H-pyrrole nitrogens is 1. The van der Waals surface area contributed by atoms with Crippen molar-refractivity contribution in [3.63, 3.8) is 0 Å². The number of aromatic amines is 1. The van der Waals surface area contributed by atoms with Gasteiger partial charge >= 0.3 is 0 Å². The predicted molar refractivity (Wildman–Crippen MR) is 55.9 cm³/mol. The molecule has 5 heteroatoms. The number of nitrogens with zero attached hydrogens (tertiary/aromatic N) is 3. The van der Waals surface area contributed by atoms with Crippen LogP contribution in [0.25, 0.3) is 0 Å². The fourth-order valence-electron chi connectivity index (χ4n) is 1.29. The van der Waals surface area contributed by atoms with Crippen molar-refractivity contribution in [3.8, 4) is 0 Å². The molecule has 0 saturated carbocycles. The van der Waals surface area contributed by atoms with Gasteiger partial charge in [0.1, 0.15) is 12.2 Å². The number of rotatable bonds is 4. The summed E-state index contributed by atoms with van der Waals surface area (Å²) in [7, 11) is 0. The molecule has 15 heavy (non-hydrogen) atoms. The molecule has 2 heterocycles. The average Bonchev–Trinajstić information content (AvgIpc) is 2.81. The Hall–Kier alpha value is -1.75. The maximum atomic E-state index is 4.18. The molecule has 0 aliphatic heterocycles. The maximum Gasteiger partial charge on any atom is 0.122 e. The molecule has 1 unspecified atom stereocenters. The van der Waals surface area contributed by atoms with Crippen molar-refractivity contribution in [1.29, 1.82) is 0 Å². The summed E-state index contributed by atoms with van der Waals surface area (Å²) in [5.74, 6) is 0.934. The van der Waals surface area contributed by atoms with Crippen LogP contribution in [0.15, 0.2) is 31.0 Å². The van der Waals surface area contributed by atoms with Gasteiger partial charge in [0.15, 0.2) is 0 Å². The van der Waals surface area contributed by atoms with Gasteiger partial charge in [0.05, 0.1) is 11.7 Å². The second-order valence-electron chi connectivity index (χ2n) is 3.28. The lowest BCUT2D eigenvalue weighted by Gasteiger charge is -2.10. The van der Waals surface area contributed by atoms with E-state index in [0.29, 0.717) is 6.54 Å². The number of aromatic nitrogens is 4. The fraction of sp³-hybridized carbons (Fsp3) is 0.300. The number of nitrogens with one attached hydrogen (secondary N) is 2. The normalized spacial score (nSPS) is 12.6. The summed E-state index contributed by atoms with van der Waals surface area (Å²) in [4.78, 5) is 15.2. The van der Waals surface area contributed by atoms with E-state index in [-0.39, 0.29) is 6.04 Å². The Balaban J connectivity index is 1.89. The van der Waals surface area contributed by atoms with Gasteiger partial charge in [-0.1, -0.05) is 0 Å². The minimum absolute atomic E-state index is 0.190. The van der Waals surface area contributed by atoms with E-state index >= 15 is 0 Å². The summed E-state index contributed by atoms with van der Waals surface area (Å²) in [6.07, 6.45) is 6.85. The molecule has 2 N–H and O–H groups in total. The van der Waals surface area contributed by atoms with Crippen LogP contribution in [0.1, 0.15) is 24.5 Å². The van der Waals surface area contributed by atoms with Gasteiger partial charge in [-0.05, 0) is 13.0 Å². The van der Waals surface area contributed by atoms with E-state index in [4.69, 9.17) is 0 Å². The van der Waals surface area contributed by atoms with Crippen LogP contribution < -0.4 is 5.32 Å². The van der Waals surface area contributed by atoms with Gasteiger partial charge < -0.3 is 10.3 Å². The SMILES string of the molecule is CC(NCc1ccncn1)c1ncc[nH]1. The first-order chi connectivity index (χ1) is 7.36. The van der Waals surface area contributed by atoms with Crippen molar-refractivity contribution in [3.05, 3.63) is 42.5 Å². The average molecular weight is 203 g/mol. The van der Waals surface area contributed by atoms with Crippen molar-refractivity contribution < 1.29 is 0 Å². The number of hydrogen-bond donors (Lipinski definition) is 2. The minimum Gasteiger partial charge on any atom is -0.347 e. The highest BCUT2D eigenvalue weighted by molar-refractivity contribution is 4.99. The van der Waals surface area contributed by atoms with Gasteiger partial charge in [-0.3, -0.25) is 0 Å². The molecule has 0 saturated heterocycles. The third kappa shape index (κ3) is 2.60. The molecule has 0 bridgehead atoms. The standard InChI is InChI=1S/C10H13N5/c1-8(10-12-4-5-13-10)14-6-9-2-3-11-7-15-9/h2-5,7-8,14H,6H2,1H3,(H,12,13). The second-order valence-corrected chi connectivity index (χ2v) is 3.28. The number of hydrogen-bond acceptors (Lipinski definition) is 4. The molecule has 2 rings (SSSR count). The fourth-order valence-corrected chi connectivity index (χ4v) is 1.29. The highest BCUT2D eigenvalue weighted by Gasteiger charge is 2.06. The van der Waals surface area contributed by atoms with Crippen LogP contribution in [0.2, 0.25) is 0 Å². The molecule has 2 aromatic heterocycles. The highest BCUT2D eigenvalue weighted by Crippen LogP contribution is 2.05. The van der Waals surface area contributed by atoms with Gasteiger partial charge in [-0.25, -0.2) is 15.0 Å². The zero-order chi connectivity index (χ0) is 10.5. The Morgan fingerprint density at radius 1 is 1.40 bits per heavy atom. The Morgan fingerprint density at radius 3 is 3.00 bits per heavy atom. The van der Waals surface area contributed by atoms with E-state index < -0.39 is 0 Å². The zero-order valence-electron chi connectivity index (χ0n) is 8.51. The smallest absolute Gasteiger partial charge is 0.122 e. The van der Waals surface area contributed by atoms with E-state index in [1.54, 1.807) is 18.7 Å². The van der Waals surface area contributed by atoms with Gasteiger partial charge in [-0.15, -0.1) is 0 Å². The molecule has 0 aliphatic carbocycles. The van der Waals surface area contributed by atoms with Crippen LogP contribution in [-0.4, -0.2) is 19.9 Å². The summed E-state index contributed by atoms with van der Waals surface area (Å²) in [5.41, 5.74) is 0.975. The minimum atomic E-state index is 0.190. The molecule has 0 spiro atoms. The summed E-state index contributed by atoms with van der Waals surface area (Å²) >= 11 is 0. The largest absolute Gasteiger partial charge is 0.347 e. The lowest BCUT2D eigenvalue weighted by atomic mass is 10.3.